The van der Waals surface area contributed by atoms with E-state index in [1.807, 2.05) is 0 Å². The molecule has 8 heteroatoms. The highest BCUT2D eigenvalue weighted by atomic mass is 31.2. The van der Waals surface area contributed by atoms with Gasteiger partial charge in [-0.1, -0.05) is 27.7 Å². The fraction of sp³-hybridized carbons (Fsp3) is 0.846. The van der Waals surface area contributed by atoms with Crippen LogP contribution in [0.25, 0.3) is 0 Å². The zero-order valence-corrected chi connectivity index (χ0v) is 14.2. The smallest absolute Gasteiger partial charge is 0.327 e. The molecule has 0 fully saturated rings. The predicted octanol–water partition coefficient (Wildman–Crippen LogP) is 2.24. The first kappa shape index (κ1) is 20.1. The van der Waals surface area contributed by atoms with E-state index < -0.39 is 7.60 Å². The molecule has 0 aliphatic heterocycles. The summed E-state index contributed by atoms with van der Waals surface area (Å²) in [5.74, 6) is -1.12. The Kier molecular flexibility index (Phi) is 9.49. The summed E-state index contributed by atoms with van der Waals surface area (Å²) >= 11 is 0. The molecule has 124 valence electrons. The standard InChI is InChI=1S/C13H25O7P/c1-10(2)12(14)17-6-8-19-21(5,16)20-9-7-18-13(15)11(3)4/h10-11H,6-9H2,1-5H3. The lowest BCUT2D eigenvalue weighted by Gasteiger charge is -2.15. The molecule has 0 aromatic rings. The van der Waals surface area contributed by atoms with Crippen LogP contribution in [0.1, 0.15) is 27.7 Å². The number of rotatable bonds is 10. The number of ether oxygens (including phenoxy) is 2. The Labute approximate surface area is 125 Å². The van der Waals surface area contributed by atoms with Gasteiger partial charge >= 0.3 is 19.5 Å². The fourth-order valence-corrected chi connectivity index (χ4v) is 1.95. The van der Waals surface area contributed by atoms with Gasteiger partial charge in [-0.15, -0.1) is 0 Å². The van der Waals surface area contributed by atoms with Crippen molar-refractivity contribution in [2.75, 3.05) is 33.1 Å². The molecule has 0 saturated heterocycles. The minimum absolute atomic E-state index is 0.0144. The maximum atomic E-state index is 11.8. The second kappa shape index (κ2) is 9.92. The average Bonchev–Trinajstić information content (AvgIpc) is 2.38. The van der Waals surface area contributed by atoms with Gasteiger partial charge < -0.3 is 18.5 Å². The maximum Gasteiger partial charge on any atom is 0.327 e. The molecule has 0 aromatic carbocycles. The van der Waals surface area contributed by atoms with Crippen molar-refractivity contribution in [2.45, 2.75) is 27.7 Å². The van der Waals surface area contributed by atoms with Crippen molar-refractivity contribution in [1.29, 1.82) is 0 Å². The molecular weight excluding hydrogens is 299 g/mol. The Morgan fingerprint density at radius 3 is 1.43 bits per heavy atom. The van der Waals surface area contributed by atoms with Crippen LogP contribution in [0.4, 0.5) is 0 Å². The zero-order chi connectivity index (χ0) is 16.5. The van der Waals surface area contributed by atoms with Crippen molar-refractivity contribution < 1.29 is 32.7 Å². The third-order valence-corrected chi connectivity index (χ3v) is 3.55. The van der Waals surface area contributed by atoms with Gasteiger partial charge in [0.2, 0.25) is 0 Å². The van der Waals surface area contributed by atoms with Crippen molar-refractivity contribution in [1.82, 2.24) is 0 Å². The van der Waals surface area contributed by atoms with Gasteiger partial charge in [0.25, 0.3) is 0 Å². The van der Waals surface area contributed by atoms with Gasteiger partial charge in [0.15, 0.2) is 0 Å². The fourth-order valence-electron chi connectivity index (χ4n) is 1.06. The molecule has 0 saturated carbocycles. The average molecular weight is 324 g/mol. The lowest BCUT2D eigenvalue weighted by atomic mass is 10.2. The van der Waals surface area contributed by atoms with E-state index in [2.05, 4.69) is 0 Å². The number of esters is 2. The van der Waals surface area contributed by atoms with E-state index in [0.29, 0.717) is 0 Å². The molecule has 0 spiro atoms. The monoisotopic (exact) mass is 324 g/mol. The third-order valence-electron chi connectivity index (χ3n) is 2.25. The molecular formula is C13H25O7P. The van der Waals surface area contributed by atoms with Crippen molar-refractivity contribution in [3.63, 3.8) is 0 Å². The number of hydrogen-bond acceptors (Lipinski definition) is 7. The molecule has 0 rings (SSSR count). The highest BCUT2D eigenvalue weighted by Gasteiger charge is 2.18. The van der Waals surface area contributed by atoms with E-state index >= 15 is 0 Å². The highest BCUT2D eigenvalue weighted by Crippen LogP contribution is 2.43. The zero-order valence-electron chi connectivity index (χ0n) is 13.3. The van der Waals surface area contributed by atoms with Gasteiger partial charge in [0.1, 0.15) is 13.2 Å². The van der Waals surface area contributed by atoms with Gasteiger partial charge in [-0.3, -0.25) is 14.2 Å². The van der Waals surface area contributed by atoms with Crippen molar-refractivity contribution >= 4 is 19.5 Å². The summed E-state index contributed by atoms with van der Waals surface area (Å²) in [6, 6.07) is 0. The number of carbonyl (C=O) groups is 2. The Morgan fingerprint density at radius 1 is 0.810 bits per heavy atom. The minimum atomic E-state index is -3.24. The van der Waals surface area contributed by atoms with Crippen LogP contribution >= 0.6 is 7.60 Å². The highest BCUT2D eigenvalue weighted by molar-refractivity contribution is 7.52. The van der Waals surface area contributed by atoms with Gasteiger partial charge in [0, 0.05) is 6.66 Å². The topological polar surface area (TPSA) is 88.1 Å². The van der Waals surface area contributed by atoms with E-state index in [-0.39, 0.29) is 50.2 Å². The van der Waals surface area contributed by atoms with Crippen LogP contribution < -0.4 is 0 Å². The van der Waals surface area contributed by atoms with Gasteiger partial charge in [-0.05, 0) is 0 Å². The second-order valence-corrected chi connectivity index (χ2v) is 7.14. The molecule has 0 N–H and O–H groups in total. The van der Waals surface area contributed by atoms with E-state index in [1.54, 1.807) is 27.7 Å². The van der Waals surface area contributed by atoms with Crippen molar-refractivity contribution in [3.8, 4) is 0 Å². The second-order valence-electron chi connectivity index (χ2n) is 5.08. The van der Waals surface area contributed by atoms with Crippen LogP contribution in [0.3, 0.4) is 0 Å². The Balaban J connectivity index is 3.77. The van der Waals surface area contributed by atoms with Gasteiger partial charge in [-0.2, -0.15) is 0 Å². The van der Waals surface area contributed by atoms with Crippen LogP contribution in [0.15, 0.2) is 0 Å². The maximum absolute atomic E-state index is 11.8. The largest absolute Gasteiger partial charge is 0.463 e. The first-order chi connectivity index (χ1) is 9.65. The molecule has 0 bridgehead atoms. The lowest BCUT2D eigenvalue weighted by Crippen LogP contribution is -2.16. The molecule has 0 radical (unpaired) electrons. The van der Waals surface area contributed by atoms with E-state index in [4.69, 9.17) is 18.5 Å². The van der Waals surface area contributed by atoms with Crippen LogP contribution in [-0.2, 0) is 32.7 Å². The normalized spacial score (nSPS) is 11.8. The summed E-state index contributed by atoms with van der Waals surface area (Å²) < 4.78 is 31.6. The SMILES string of the molecule is CC(C)C(=O)OCCOP(C)(=O)OCCOC(=O)C(C)C. The predicted molar refractivity (Wildman–Crippen MR) is 77.0 cm³/mol. The molecule has 21 heavy (non-hydrogen) atoms. The van der Waals surface area contributed by atoms with Gasteiger partial charge in [0.05, 0.1) is 25.0 Å². The molecule has 0 amide bonds. The summed E-state index contributed by atoms with van der Waals surface area (Å²) in [6.07, 6.45) is 0. The van der Waals surface area contributed by atoms with Gasteiger partial charge in [-0.25, -0.2) is 0 Å². The first-order valence-electron chi connectivity index (χ1n) is 6.85. The molecule has 0 heterocycles. The molecule has 0 aliphatic rings. The van der Waals surface area contributed by atoms with Crippen LogP contribution in [0.5, 0.6) is 0 Å². The van der Waals surface area contributed by atoms with E-state index in [1.165, 1.54) is 6.66 Å². The quantitative estimate of drug-likeness (QED) is 0.346. The summed E-state index contributed by atoms with van der Waals surface area (Å²) in [6.45, 7) is 8.18. The molecule has 0 unspecified atom stereocenters. The molecule has 0 aromatic heterocycles. The van der Waals surface area contributed by atoms with Crippen LogP contribution in [0, 0.1) is 11.8 Å². The minimum Gasteiger partial charge on any atom is -0.463 e. The molecule has 7 nitrogen and oxygen atoms in total. The Bertz CT molecular complexity index is 347. The lowest BCUT2D eigenvalue weighted by molar-refractivity contribution is -0.148. The van der Waals surface area contributed by atoms with Crippen molar-refractivity contribution in [2.24, 2.45) is 11.8 Å². The van der Waals surface area contributed by atoms with E-state index in [0.717, 1.165) is 0 Å². The third kappa shape index (κ3) is 10.5. The number of carbonyl (C=O) groups excluding carboxylic acids is 2. The van der Waals surface area contributed by atoms with Crippen molar-refractivity contribution in [3.05, 3.63) is 0 Å². The molecule has 0 atom stereocenters. The summed E-state index contributed by atoms with van der Waals surface area (Å²) in [5, 5.41) is 0. The summed E-state index contributed by atoms with van der Waals surface area (Å²) in [4.78, 5) is 22.3. The molecule has 0 aliphatic carbocycles. The summed E-state index contributed by atoms with van der Waals surface area (Å²) in [7, 11) is -3.24. The summed E-state index contributed by atoms with van der Waals surface area (Å²) in [5.41, 5.74) is 0. The van der Waals surface area contributed by atoms with E-state index in [9.17, 15) is 14.2 Å². The number of hydrogen-bond donors (Lipinski definition) is 0. The Hall–Kier alpha value is -0.910. The first-order valence-corrected chi connectivity index (χ1v) is 8.84. The van der Waals surface area contributed by atoms with Crippen LogP contribution in [0.2, 0.25) is 0 Å². The van der Waals surface area contributed by atoms with Crippen LogP contribution in [-0.4, -0.2) is 45.0 Å². The Morgan fingerprint density at radius 2 is 1.14 bits per heavy atom.